The third-order valence-corrected chi connectivity index (χ3v) is 2.29. The Morgan fingerprint density at radius 3 is 2.62 bits per heavy atom. The van der Waals surface area contributed by atoms with E-state index in [0.29, 0.717) is 13.0 Å². The molecule has 1 aromatic carbocycles. The number of phenols is 1. The molecular weight excluding hydrogens is 206 g/mol. The molecule has 0 aliphatic rings. The van der Waals surface area contributed by atoms with E-state index in [-0.39, 0.29) is 17.8 Å². The molecule has 0 fully saturated rings. The molecule has 16 heavy (non-hydrogen) atoms. The highest BCUT2D eigenvalue weighted by Crippen LogP contribution is 2.09. The second-order valence-electron chi connectivity index (χ2n) is 3.73. The first kappa shape index (κ1) is 12.5. The van der Waals surface area contributed by atoms with Gasteiger partial charge in [0.15, 0.2) is 0 Å². The molecule has 0 aliphatic carbocycles. The van der Waals surface area contributed by atoms with E-state index < -0.39 is 0 Å². The van der Waals surface area contributed by atoms with Crippen LogP contribution in [-0.2, 0) is 16.1 Å². The Kier molecular flexibility index (Phi) is 4.79. The molecule has 0 aromatic heterocycles. The van der Waals surface area contributed by atoms with Crippen LogP contribution in [0, 0.1) is 0 Å². The topological polar surface area (TPSA) is 58.6 Å². The van der Waals surface area contributed by atoms with Crippen LogP contribution in [0.5, 0.6) is 5.75 Å². The lowest BCUT2D eigenvalue weighted by molar-refractivity contribution is -0.141. The summed E-state index contributed by atoms with van der Waals surface area (Å²) >= 11 is 0. The minimum absolute atomic E-state index is 0.0706. The van der Waals surface area contributed by atoms with Crippen LogP contribution in [0.25, 0.3) is 0 Å². The Bertz CT molecular complexity index is 335. The van der Waals surface area contributed by atoms with Gasteiger partial charge >= 0.3 is 5.97 Å². The van der Waals surface area contributed by atoms with Crippen molar-refractivity contribution in [2.45, 2.75) is 25.9 Å². The average Bonchev–Trinajstić information content (AvgIpc) is 2.28. The standard InChI is InChI=1S/C12H17NO3/c1-9(7-12(15)16-2)13-8-10-3-5-11(14)6-4-10/h3-6,9,13-14H,7-8H2,1-2H3. The van der Waals surface area contributed by atoms with E-state index >= 15 is 0 Å². The van der Waals surface area contributed by atoms with Gasteiger partial charge in [-0.05, 0) is 24.6 Å². The summed E-state index contributed by atoms with van der Waals surface area (Å²) in [6.45, 7) is 2.59. The number of benzene rings is 1. The first-order valence-electron chi connectivity index (χ1n) is 5.20. The van der Waals surface area contributed by atoms with Gasteiger partial charge in [-0.25, -0.2) is 0 Å². The Morgan fingerprint density at radius 2 is 2.06 bits per heavy atom. The molecule has 1 aromatic rings. The first-order valence-corrected chi connectivity index (χ1v) is 5.20. The number of carbonyl (C=O) groups excluding carboxylic acids is 1. The van der Waals surface area contributed by atoms with E-state index in [1.165, 1.54) is 7.11 Å². The van der Waals surface area contributed by atoms with Crippen LogP contribution < -0.4 is 5.32 Å². The van der Waals surface area contributed by atoms with Gasteiger partial charge in [0.1, 0.15) is 5.75 Å². The predicted molar refractivity (Wildman–Crippen MR) is 61.0 cm³/mol. The van der Waals surface area contributed by atoms with Crippen LogP contribution in [0.4, 0.5) is 0 Å². The molecule has 2 N–H and O–H groups in total. The van der Waals surface area contributed by atoms with Crippen molar-refractivity contribution in [3.05, 3.63) is 29.8 Å². The maximum Gasteiger partial charge on any atom is 0.307 e. The molecular formula is C12H17NO3. The van der Waals surface area contributed by atoms with E-state index in [1.807, 2.05) is 19.1 Å². The minimum atomic E-state index is -0.217. The molecule has 1 atom stereocenters. The Hall–Kier alpha value is -1.55. The number of phenolic OH excluding ortho intramolecular Hbond substituents is 1. The number of nitrogens with one attached hydrogen (secondary N) is 1. The summed E-state index contributed by atoms with van der Waals surface area (Å²) in [5.41, 5.74) is 1.06. The van der Waals surface area contributed by atoms with Crippen LogP contribution in [0.15, 0.2) is 24.3 Å². The molecule has 0 saturated heterocycles. The van der Waals surface area contributed by atoms with Gasteiger partial charge in [0.05, 0.1) is 13.5 Å². The van der Waals surface area contributed by atoms with Crippen LogP contribution in [-0.4, -0.2) is 24.2 Å². The fourth-order valence-corrected chi connectivity index (χ4v) is 1.31. The average molecular weight is 223 g/mol. The third kappa shape index (κ3) is 4.31. The number of rotatable bonds is 5. The van der Waals surface area contributed by atoms with Crippen molar-refractivity contribution in [2.24, 2.45) is 0 Å². The quantitative estimate of drug-likeness (QED) is 0.741. The molecule has 0 aliphatic heterocycles. The van der Waals surface area contributed by atoms with Gasteiger partial charge in [-0.2, -0.15) is 0 Å². The van der Waals surface area contributed by atoms with Crippen LogP contribution in [0.2, 0.25) is 0 Å². The molecule has 1 unspecified atom stereocenters. The van der Waals surface area contributed by atoms with Crippen molar-refractivity contribution >= 4 is 5.97 Å². The summed E-state index contributed by atoms with van der Waals surface area (Å²) in [4.78, 5) is 11.0. The van der Waals surface area contributed by atoms with Crippen molar-refractivity contribution in [3.8, 4) is 5.75 Å². The molecule has 4 nitrogen and oxygen atoms in total. The second kappa shape index (κ2) is 6.12. The molecule has 0 amide bonds. The molecule has 88 valence electrons. The fraction of sp³-hybridized carbons (Fsp3) is 0.417. The number of ether oxygens (including phenoxy) is 1. The Balaban J connectivity index is 2.34. The van der Waals surface area contributed by atoms with Gasteiger partial charge in [0.2, 0.25) is 0 Å². The third-order valence-electron chi connectivity index (χ3n) is 2.29. The second-order valence-corrected chi connectivity index (χ2v) is 3.73. The molecule has 4 heteroatoms. The molecule has 0 spiro atoms. The molecule has 1 rings (SSSR count). The van der Waals surface area contributed by atoms with Gasteiger partial charge in [-0.3, -0.25) is 4.79 Å². The number of aromatic hydroxyl groups is 1. The van der Waals surface area contributed by atoms with Gasteiger partial charge in [-0.15, -0.1) is 0 Å². The summed E-state index contributed by atoms with van der Waals surface area (Å²) in [5, 5.41) is 12.3. The largest absolute Gasteiger partial charge is 0.508 e. The van der Waals surface area contributed by atoms with E-state index in [4.69, 9.17) is 5.11 Å². The number of hydrogen-bond donors (Lipinski definition) is 2. The summed E-state index contributed by atoms with van der Waals surface area (Å²) in [6.07, 6.45) is 0.356. The number of carbonyl (C=O) groups is 1. The number of methoxy groups -OCH3 is 1. The zero-order valence-corrected chi connectivity index (χ0v) is 9.56. The SMILES string of the molecule is COC(=O)CC(C)NCc1ccc(O)cc1. The Labute approximate surface area is 95.2 Å². The summed E-state index contributed by atoms with van der Waals surface area (Å²) in [7, 11) is 1.38. The normalized spacial score (nSPS) is 12.1. The fourth-order valence-electron chi connectivity index (χ4n) is 1.31. The zero-order chi connectivity index (χ0) is 12.0. The van der Waals surface area contributed by atoms with Crippen molar-refractivity contribution in [1.82, 2.24) is 5.32 Å². The van der Waals surface area contributed by atoms with Crippen molar-refractivity contribution in [2.75, 3.05) is 7.11 Å². The number of esters is 1. The van der Waals surface area contributed by atoms with Crippen LogP contribution >= 0.6 is 0 Å². The smallest absolute Gasteiger partial charge is 0.307 e. The highest BCUT2D eigenvalue weighted by Gasteiger charge is 2.07. The maximum absolute atomic E-state index is 11.0. The highest BCUT2D eigenvalue weighted by molar-refractivity contribution is 5.69. The van der Waals surface area contributed by atoms with Gasteiger partial charge in [0, 0.05) is 12.6 Å². The lowest BCUT2D eigenvalue weighted by atomic mass is 10.2. The van der Waals surface area contributed by atoms with Gasteiger partial charge in [0.25, 0.3) is 0 Å². The monoisotopic (exact) mass is 223 g/mol. The van der Waals surface area contributed by atoms with E-state index in [1.54, 1.807) is 12.1 Å². The Morgan fingerprint density at radius 1 is 1.44 bits per heavy atom. The molecule has 0 radical (unpaired) electrons. The van der Waals surface area contributed by atoms with E-state index in [2.05, 4.69) is 10.1 Å². The lowest BCUT2D eigenvalue weighted by Gasteiger charge is -2.12. The van der Waals surface area contributed by atoms with Gasteiger partial charge < -0.3 is 15.2 Å². The zero-order valence-electron chi connectivity index (χ0n) is 9.56. The van der Waals surface area contributed by atoms with Gasteiger partial charge in [-0.1, -0.05) is 12.1 Å². The van der Waals surface area contributed by atoms with Crippen molar-refractivity contribution in [3.63, 3.8) is 0 Å². The summed E-state index contributed by atoms with van der Waals surface area (Å²) in [6, 6.07) is 7.03. The summed E-state index contributed by atoms with van der Waals surface area (Å²) < 4.78 is 4.58. The summed E-state index contributed by atoms with van der Waals surface area (Å²) in [5.74, 6) is 0.0389. The molecule has 0 bridgehead atoms. The lowest BCUT2D eigenvalue weighted by Crippen LogP contribution is -2.28. The molecule has 0 saturated carbocycles. The van der Waals surface area contributed by atoms with Crippen LogP contribution in [0.3, 0.4) is 0 Å². The number of hydrogen-bond acceptors (Lipinski definition) is 4. The minimum Gasteiger partial charge on any atom is -0.508 e. The van der Waals surface area contributed by atoms with E-state index in [0.717, 1.165) is 5.56 Å². The predicted octanol–water partition coefficient (Wildman–Crippen LogP) is 1.43. The van der Waals surface area contributed by atoms with Crippen LogP contribution in [0.1, 0.15) is 18.9 Å². The highest BCUT2D eigenvalue weighted by atomic mass is 16.5. The molecule has 0 heterocycles. The van der Waals surface area contributed by atoms with E-state index in [9.17, 15) is 4.79 Å². The van der Waals surface area contributed by atoms with Crippen molar-refractivity contribution < 1.29 is 14.6 Å². The maximum atomic E-state index is 11.0. The van der Waals surface area contributed by atoms with Crippen molar-refractivity contribution in [1.29, 1.82) is 0 Å². The first-order chi connectivity index (χ1) is 7.61.